The third-order valence-corrected chi connectivity index (χ3v) is 7.96. The largest absolute Gasteiger partial charge is 0.459 e. The lowest BCUT2D eigenvalue weighted by Gasteiger charge is -2.67. The Hall–Kier alpha value is -1.00. The molecule has 172 valence electrons. The van der Waals surface area contributed by atoms with E-state index in [1.807, 2.05) is 6.92 Å². The Bertz CT molecular complexity index is 720. The molecule has 0 amide bonds. The Labute approximate surface area is 171 Å². The van der Waals surface area contributed by atoms with Crippen molar-refractivity contribution in [1.82, 2.24) is 0 Å². The highest BCUT2D eigenvalue weighted by molar-refractivity contribution is 5.76. The van der Waals surface area contributed by atoms with Crippen LogP contribution in [0.25, 0.3) is 0 Å². The van der Waals surface area contributed by atoms with Crippen LogP contribution in [0.15, 0.2) is 0 Å². The molecule has 5 fully saturated rings. The Morgan fingerprint density at radius 2 is 1.67 bits per heavy atom. The van der Waals surface area contributed by atoms with Crippen molar-refractivity contribution in [2.24, 2.45) is 23.2 Å². The molecule has 5 aliphatic rings. The first kappa shape index (κ1) is 22.2. The van der Waals surface area contributed by atoms with Crippen molar-refractivity contribution >= 4 is 5.97 Å². The zero-order valence-electron chi connectivity index (χ0n) is 17.2. The van der Waals surface area contributed by atoms with Crippen LogP contribution in [-0.2, 0) is 19.0 Å². The quantitative estimate of drug-likeness (QED) is 0.525. The van der Waals surface area contributed by atoms with Crippen molar-refractivity contribution in [1.29, 1.82) is 0 Å². The number of carbonyl (C=O) groups excluding carboxylic acids is 1. The first-order valence-electron chi connectivity index (χ1n) is 10.3. The second-order valence-corrected chi connectivity index (χ2v) is 10.1. The summed E-state index contributed by atoms with van der Waals surface area (Å²) in [6.07, 6.45) is -4.24. The van der Waals surface area contributed by atoms with Gasteiger partial charge in [0, 0.05) is 0 Å². The molecule has 3 unspecified atom stereocenters. The molecule has 1 N–H and O–H groups in total. The number of rotatable bonds is 3. The average molecular weight is 442 g/mol. The highest BCUT2D eigenvalue weighted by atomic mass is 19.4. The lowest BCUT2D eigenvalue weighted by Crippen LogP contribution is -2.81. The van der Waals surface area contributed by atoms with Crippen molar-refractivity contribution in [3.8, 4) is 0 Å². The van der Waals surface area contributed by atoms with Gasteiger partial charge in [-0.3, -0.25) is 4.79 Å². The number of hydrogen-bond donors (Lipinski definition) is 1. The molecule has 1 aliphatic heterocycles. The predicted octanol–water partition coefficient (Wildman–Crippen LogP) is 4.17. The van der Waals surface area contributed by atoms with Gasteiger partial charge >= 0.3 is 23.9 Å². The van der Waals surface area contributed by atoms with Crippen LogP contribution in [0.4, 0.5) is 22.0 Å². The Morgan fingerprint density at radius 1 is 1.10 bits per heavy atom. The molecular formula is C20H27F5O5. The van der Waals surface area contributed by atoms with E-state index in [0.717, 1.165) is 0 Å². The monoisotopic (exact) mass is 442 g/mol. The van der Waals surface area contributed by atoms with Gasteiger partial charge in [-0.05, 0) is 70.1 Å². The summed E-state index contributed by atoms with van der Waals surface area (Å²) >= 11 is 0. The Kier molecular flexibility index (Phi) is 4.65. The normalized spacial score (nSPS) is 45.0. The van der Waals surface area contributed by atoms with Crippen LogP contribution in [0.5, 0.6) is 0 Å². The van der Waals surface area contributed by atoms with Crippen LogP contribution in [-0.4, -0.2) is 47.0 Å². The molecule has 0 radical (unpaired) electrons. The van der Waals surface area contributed by atoms with E-state index in [4.69, 9.17) is 9.47 Å². The zero-order valence-corrected chi connectivity index (χ0v) is 17.2. The second-order valence-electron chi connectivity index (χ2n) is 10.1. The number of carbonyl (C=O) groups is 1. The molecule has 1 heterocycles. The molecular weight excluding hydrogens is 415 g/mol. The van der Waals surface area contributed by atoms with Gasteiger partial charge in [0.05, 0.1) is 5.41 Å². The van der Waals surface area contributed by atoms with Gasteiger partial charge in [-0.15, -0.1) is 0 Å². The molecule has 5 nitrogen and oxygen atoms in total. The molecule has 4 bridgehead atoms. The van der Waals surface area contributed by atoms with E-state index in [0.29, 0.717) is 12.8 Å². The number of aliphatic hydroxyl groups is 1. The third-order valence-electron chi connectivity index (χ3n) is 7.96. The maximum Gasteiger partial charge on any atom is 0.449 e. The molecule has 10 heteroatoms. The molecule has 30 heavy (non-hydrogen) atoms. The summed E-state index contributed by atoms with van der Waals surface area (Å²) in [6, 6.07) is 0. The highest BCUT2D eigenvalue weighted by Gasteiger charge is 2.85. The molecule has 4 aliphatic carbocycles. The molecule has 3 atom stereocenters. The molecule has 0 aromatic rings. The zero-order chi connectivity index (χ0) is 22.4. The number of halogens is 5. The van der Waals surface area contributed by atoms with Crippen LogP contribution < -0.4 is 0 Å². The van der Waals surface area contributed by atoms with Gasteiger partial charge in [0.25, 0.3) is 0 Å². The Balaban J connectivity index is 1.70. The van der Waals surface area contributed by atoms with E-state index in [2.05, 4.69) is 4.74 Å². The van der Waals surface area contributed by atoms with Crippen LogP contribution in [0.1, 0.15) is 59.3 Å². The molecule has 1 saturated heterocycles. The lowest BCUT2D eigenvalue weighted by atomic mass is 9.46. The van der Waals surface area contributed by atoms with Gasteiger partial charge in [0.2, 0.25) is 0 Å². The van der Waals surface area contributed by atoms with E-state index in [9.17, 15) is 23.1 Å². The van der Waals surface area contributed by atoms with Gasteiger partial charge in [0.15, 0.2) is 6.79 Å². The summed E-state index contributed by atoms with van der Waals surface area (Å²) in [7, 11) is 0. The van der Waals surface area contributed by atoms with Crippen LogP contribution in [0.3, 0.4) is 0 Å². The van der Waals surface area contributed by atoms with Gasteiger partial charge in [0.1, 0.15) is 11.2 Å². The topological polar surface area (TPSA) is 65.0 Å². The summed E-state index contributed by atoms with van der Waals surface area (Å²) in [5, 5.41) is 9.97. The van der Waals surface area contributed by atoms with Crippen molar-refractivity contribution in [2.45, 2.75) is 88.4 Å². The minimum Gasteiger partial charge on any atom is -0.459 e. The van der Waals surface area contributed by atoms with Gasteiger partial charge in [-0.25, -0.2) is 0 Å². The summed E-state index contributed by atoms with van der Waals surface area (Å²) in [6.45, 7) is 4.22. The summed E-state index contributed by atoms with van der Waals surface area (Å²) in [4.78, 5) is 12.7. The standard InChI is InChI=1S/C20H27F5O5/c1-4-15(2,3)14(26)30-16-7-11-5-12(8-16)17(13(6-11)9-16)18(21,22)19(27,20(23,24)25)29-10-28-17/h11-13,27H,4-10H2,1-3H3. The Morgan fingerprint density at radius 3 is 2.17 bits per heavy atom. The minimum absolute atomic E-state index is 0.0188. The molecule has 4 saturated carbocycles. The number of alkyl halides is 5. The van der Waals surface area contributed by atoms with Crippen LogP contribution in [0.2, 0.25) is 0 Å². The first-order chi connectivity index (χ1) is 13.6. The SMILES string of the molecule is CCC(C)(C)C(=O)OC12CC3CC(C1)C1(OCOC(O)(C(F)(F)F)C1(F)F)C(C3)C2. The number of esters is 1. The van der Waals surface area contributed by atoms with Crippen molar-refractivity contribution in [3.63, 3.8) is 0 Å². The fourth-order valence-corrected chi connectivity index (χ4v) is 6.17. The number of hydrogen-bond acceptors (Lipinski definition) is 5. The fourth-order valence-electron chi connectivity index (χ4n) is 6.17. The van der Waals surface area contributed by atoms with E-state index in [1.54, 1.807) is 13.8 Å². The first-order valence-corrected chi connectivity index (χ1v) is 10.3. The van der Waals surface area contributed by atoms with Gasteiger partial charge in [-0.1, -0.05) is 6.92 Å². The maximum atomic E-state index is 15.5. The van der Waals surface area contributed by atoms with Gasteiger partial charge in [-0.2, -0.15) is 22.0 Å². The molecule has 0 aromatic heterocycles. The average Bonchev–Trinajstić information content (AvgIpc) is 2.60. The summed E-state index contributed by atoms with van der Waals surface area (Å²) in [5.41, 5.74) is -4.25. The van der Waals surface area contributed by atoms with E-state index in [1.165, 1.54) is 0 Å². The summed E-state index contributed by atoms with van der Waals surface area (Å²) < 4.78 is 86.6. The molecule has 0 aromatic carbocycles. The predicted molar refractivity (Wildman–Crippen MR) is 92.2 cm³/mol. The van der Waals surface area contributed by atoms with E-state index < -0.39 is 59.1 Å². The van der Waals surface area contributed by atoms with Crippen LogP contribution in [0, 0.1) is 23.2 Å². The van der Waals surface area contributed by atoms with E-state index >= 15 is 8.78 Å². The second kappa shape index (κ2) is 6.28. The van der Waals surface area contributed by atoms with E-state index in [-0.39, 0.29) is 31.6 Å². The molecule has 5 rings (SSSR count). The third kappa shape index (κ3) is 2.65. The highest BCUT2D eigenvalue weighted by Crippen LogP contribution is 2.69. The fraction of sp³-hybridized carbons (Fsp3) is 0.950. The number of ether oxygens (including phenoxy) is 3. The van der Waals surface area contributed by atoms with Crippen molar-refractivity contribution in [3.05, 3.63) is 0 Å². The van der Waals surface area contributed by atoms with Crippen LogP contribution >= 0.6 is 0 Å². The summed E-state index contributed by atoms with van der Waals surface area (Å²) in [5.74, 6) is -11.8. The lowest BCUT2D eigenvalue weighted by molar-refractivity contribution is -0.521. The van der Waals surface area contributed by atoms with Crippen molar-refractivity contribution in [2.75, 3.05) is 6.79 Å². The molecule has 1 spiro atoms. The smallest absolute Gasteiger partial charge is 0.449 e. The van der Waals surface area contributed by atoms with Gasteiger partial charge < -0.3 is 19.3 Å². The maximum absolute atomic E-state index is 15.5. The van der Waals surface area contributed by atoms with Crippen molar-refractivity contribution < 1.29 is 46.1 Å². The minimum atomic E-state index is -5.70.